The minimum Gasteiger partial charge on any atom is -0.341 e. The summed E-state index contributed by atoms with van der Waals surface area (Å²) in [5, 5.41) is 3.18. The molecule has 0 saturated carbocycles. The Morgan fingerprint density at radius 2 is 2.15 bits per heavy atom. The van der Waals surface area contributed by atoms with Crippen molar-refractivity contribution in [2.45, 2.75) is 33.2 Å². The molecule has 0 aromatic heterocycles. The summed E-state index contributed by atoms with van der Waals surface area (Å²) >= 11 is 0. The topological polar surface area (TPSA) is 32.3 Å². The highest BCUT2D eigenvalue weighted by molar-refractivity contribution is 5.76. The van der Waals surface area contributed by atoms with Crippen LogP contribution < -0.4 is 5.32 Å². The molecule has 0 aromatic rings. The molecule has 3 heteroatoms. The number of nitrogens with zero attached hydrogens (tertiary/aromatic N) is 1. The number of amides is 1. The first-order chi connectivity index (χ1) is 6.15. The van der Waals surface area contributed by atoms with Crippen LogP contribution >= 0.6 is 0 Å². The van der Waals surface area contributed by atoms with Gasteiger partial charge in [0.05, 0.1) is 0 Å². The van der Waals surface area contributed by atoms with Crippen LogP contribution in [0.15, 0.2) is 0 Å². The molecule has 0 aliphatic carbocycles. The van der Waals surface area contributed by atoms with E-state index in [9.17, 15) is 4.79 Å². The summed E-state index contributed by atoms with van der Waals surface area (Å²) in [5.41, 5.74) is 0. The summed E-state index contributed by atoms with van der Waals surface area (Å²) in [6.45, 7) is 9.04. The SMILES string of the molecule is CCN(C(=O)CC1CNC1)C(C)C. The summed E-state index contributed by atoms with van der Waals surface area (Å²) in [4.78, 5) is 13.7. The molecule has 0 bridgehead atoms. The molecule has 0 aromatic carbocycles. The van der Waals surface area contributed by atoms with E-state index in [1.807, 2.05) is 11.8 Å². The van der Waals surface area contributed by atoms with Crippen LogP contribution in [0.3, 0.4) is 0 Å². The second kappa shape index (κ2) is 4.61. The van der Waals surface area contributed by atoms with Crippen LogP contribution in [-0.2, 0) is 4.79 Å². The minimum atomic E-state index is 0.309. The van der Waals surface area contributed by atoms with Crippen molar-refractivity contribution in [1.29, 1.82) is 0 Å². The van der Waals surface area contributed by atoms with Crippen molar-refractivity contribution in [2.24, 2.45) is 5.92 Å². The maximum atomic E-state index is 11.7. The molecule has 13 heavy (non-hydrogen) atoms. The van der Waals surface area contributed by atoms with E-state index in [0.717, 1.165) is 26.1 Å². The van der Waals surface area contributed by atoms with Gasteiger partial charge in [-0.25, -0.2) is 0 Å². The number of carbonyl (C=O) groups is 1. The number of hydrogen-bond donors (Lipinski definition) is 1. The quantitative estimate of drug-likeness (QED) is 0.702. The summed E-state index contributed by atoms with van der Waals surface area (Å²) in [6.07, 6.45) is 0.721. The van der Waals surface area contributed by atoms with Gasteiger partial charge in [-0.3, -0.25) is 4.79 Å². The Morgan fingerprint density at radius 3 is 2.46 bits per heavy atom. The predicted octanol–water partition coefficient (Wildman–Crippen LogP) is 0.853. The van der Waals surface area contributed by atoms with Gasteiger partial charge in [0.2, 0.25) is 5.91 Å². The number of nitrogens with one attached hydrogen (secondary N) is 1. The molecule has 1 amide bonds. The standard InChI is InChI=1S/C10H20N2O/c1-4-12(8(2)3)10(13)5-9-6-11-7-9/h8-9,11H,4-7H2,1-3H3. The van der Waals surface area contributed by atoms with Crippen molar-refractivity contribution in [3.63, 3.8) is 0 Å². The first-order valence-corrected chi connectivity index (χ1v) is 5.15. The van der Waals surface area contributed by atoms with Gasteiger partial charge >= 0.3 is 0 Å². The molecular weight excluding hydrogens is 164 g/mol. The second-order valence-electron chi connectivity index (χ2n) is 4.00. The highest BCUT2D eigenvalue weighted by atomic mass is 16.2. The van der Waals surface area contributed by atoms with E-state index < -0.39 is 0 Å². The van der Waals surface area contributed by atoms with E-state index in [4.69, 9.17) is 0 Å². The van der Waals surface area contributed by atoms with Crippen molar-refractivity contribution in [1.82, 2.24) is 10.2 Å². The molecule has 1 N–H and O–H groups in total. The first kappa shape index (κ1) is 10.5. The second-order valence-corrected chi connectivity index (χ2v) is 4.00. The van der Waals surface area contributed by atoms with E-state index in [2.05, 4.69) is 19.2 Å². The number of rotatable bonds is 4. The smallest absolute Gasteiger partial charge is 0.223 e. The summed E-state index contributed by atoms with van der Waals surface area (Å²) in [7, 11) is 0. The Hall–Kier alpha value is -0.570. The van der Waals surface area contributed by atoms with Crippen molar-refractivity contribution in [3.8, 4) is 0 Å². The Kier molecular flexibility index (Phi) is 3.72. The molecule has 0 radical (unpaired) electrons. The fourth-order valence-corrected chi connectivity index (χ4v) is 1.69. The molecule has 1 aliphatic rings. The molecule has 0 atom stereocenters. The zero-order valence-corrected chi connectivity index (χ0v) is 8.84. The fraction of sp³-hybridized carbons (Fsp3) is 0.900. The fourth-order valence-electron chi connectivity index (χ4n) is 1.69. The predicted molar refractivity (Wildman–Crippen MR) is 53.5 cm³/mol. The third-order valence-electron chi connectivity index (χ3n) is 2.61. The third kappa shape index (κ3) is 2.69. The van der Waals surface area contributed by atoms with E-state index >= 15 is 0 Å². The summed E-state index contributed by atoms with van der Waals surface area (Å²) in [5.74, 6) is 0.893. The lowest BCUT2D eigenvalue weighted by Crippen LogP contribution is -2.46. The monoisotopic (exact) mass is 184 g/mol. The number of hydrogen-bond acceptors (Lipinski definition) is 2. The Labute approximate surface area is 80.5 Å². The molecule has 0 unspecified atom stereocenters. The molecule has 1 aliphatic heterocycles. The van der Waals surface area contributed by atoms with E-state index in [0.29, 0.717) is 17.9 Å². The molecule has 76 valence electrons. The lowest BCUT2D eigenvalue weighted by molar-refractivity contribution is -0.134. The van der Waals surface area contributed by atoms with Crippen molar-refractivity contribution < 1.29 is 4.79 Å². The molecule has 3 nitrogen and oxygen atoms in total. The van der Waals surface area contributed by atoms with Crippen molar-refractivity contribution in [2.75, 3.05) is 19.6 Å². The van der Waals surface area contributed by atoms with Crippen molar-refractivity contribution >= 4 is 5.91 Å². The minimum absolute atomic E-state index is 0.309. The van der Waals surface area contributed by atoms with Crippen LogP contribution in [0.25, 0.3) is 0 Å². The normalized spacial score (nSPS) is 17.2. The van der Waals surface area contributed by atoms with Gasteiger partial charge in [-0.2, -0.15) is 0 Å². The van der Waals surface area contributed by atoms with Crippen LogP contribution in [0.1, 0.15) is 27.2 Å². The van der Waals surface area contributed by atoms with Gasteiger partial charge in [-0.1, -0.05) is 0 Å². The van der Waals surface area contributed by atoms with Gasteiger partial charge < -0.3 is 10.2 Å². The summed E-state index contributed by atoms with van der Waals surface area (Å²) < 4.78 is 0. The van der Waals surface area contributed by atoms with E-state index in [1.165, 1.54) is 0 Å². The van der Waals surface area contributed by atoms with Gasteiger partial charge in [-0.15, -0.1) is 0 Å². The average Bonchev–Trinajstić information content (AvgIpc) is 1.97. The van der Waals surface area contributed by atoms with Gasteiger partial charge in [-0.05, 0) is 39.8 Å². The van der Waals surface area contributed by atoms with Crippen LogP contribution in [0, 0.1) is 5.92 Å². The largest absolute Gasteiger partial charge is 0.341 e. The van der Waals surface area contributed by atoms with Crippen LogP contribution in [-0.4, -0.2) is 36.5 Å². The average molecular weight is 184 g/mol. The Morgan fingerprint density at radius 1 is 1.54 bits per heavy atom. The Bertz CT molecular complexity index is 176. The van der Waals surface area contributed by atoms with Gasteiger partial charge in [0.15, 0.2) is 0 Å². The molecule has 1 heterocycles. The highest BCUT2D eigenvalue weighted by Crippen LogP contribution is 2.11. The summed E-state index contributed by atoms with van der Waals surface area (Å²) in [6, 6.07) is 0.338. The Balaban J connectivity index is 2.34. The zero-order chi connectivity index (χ0) is 9.84. The third-order valence-corrected chi connectivity index (χ3v) is 2.61. The highest BCUT2D eigenvalue weighted by Gasteiger charge is 2.23. The molecule has 1 rings (SSSR count). The van der Waals surface area contributed by atoms with Gasteiger partial charge in [0, 0.05) is 19.0 Å². The van der Waals surface area contributed by atoms with Gasteiger partial charge in [0.25, 0.3) is 0 Å². The maximum absolute atomic E-state index is 11.7. The van der Waals surface area contributed by atoms with Crippen LogP contribution in [0.4, 0.5) is 0 Å². The molecule has 1 fully saturated rings. The lowest BCUT2D eigenvalue weighted by atomic mass is 9.98. The molecular formula is C10H20N2O. The van der Waals surface area contributed by atoms with Crippen LogP contribution in [0.5, 0.6) is 0 Å². The van der Waals surface area contributed by atoms with Crippen LogP contribution in [0.2, 0.25) is 0 Å². The number of carbonyl (C=O) groups excluding carboxylic acids is 1. The van der Waals surface area contributed by atoms with E-state index in [-0.39, 0.29) is 0 Å². The molecule has 0 spiro atoms. The lowest BCUT2D eigenvalue weighted by Gasteiger charge is -2.31. The first-order valence-electron chi connectivity index (χ1n) is 5.15. The van der Waals surface area contributed by atoms with E-state index in [1.54, 1.807) is 0 Å². The zero-order valence-electron chi connectivity index (χ0n) is 8.84. The maximum Gasteiger partial charge on any atom is 0.223 e. The molecule has 1 saturated heterocycles. The van der Waals surface area contributed by atoms with Crippen molar-refractivity contribution in [3.05, 3.63) is 0 Å². The van der Waals surface area contributed by atoms with Gasteiger partial charge in [0.1, 0.15) is 0 Å².